The molecule has 0 saturated heterocycles. The predicted octanol–water partition coefficient (Wildman–Crippen LogP) is 17.9. The number of fused-ring (bicyclic) bond motifs is 14. The molecule has 0 spiro atoms. The number of carbonyl (C=O) groups is 6. The Kier molecular flexibility index (Phi) is 22.3. The topological polar surface area (TPSA) is 268 Å². The summed E-state index contributed by atoms with van der Waals surface area (Å²) >= 11 is 13.4. The minimum absolute atomic E-state index is 0.0268. The fourth-order valence-electron chi connectivity index (χ4n) is 28.1. The van der Waals surface area contributed by atoms with Gasteiger partial charge in [-0.2, -0.15) is 0 Å². The van der Waals surface area contributed by atoms with E-state index in [0.29, 0.717) is 103 Å². The number of nitrogens with zero attached hydrogens (tertiary/aromatic N) is 11. The van der Waals surface area contributed by atoms with E-state index in [9.17, 15) is 34.2 Å². The van der Waals surface area contributed by atoms with Crippen molar-refractivity contribution in [3.8, 4) is 23.2 Å². The quantitative estimate of drug-likeness (QED) is 0.0617. The van der Waals surface area contributed by atoms with Gasteiger partial charge in [-0.15, -0.1) is 20.4 Å². The molecule has 4 heterocycles. The highest BCUT2D eigenvalue weighted by Gasteiger charge is 2.73. The van der Waals surface area contributed by atoms with Crippen molar-refractivity contribution >= 4 is 58.6 Å². The number of rotatable bonds is 24. The molecule has 8 fully saturated rings. The number of carbonyl (C=O) groups excluding carboxylic acids is 4. The molecule has 634 valence electrons. The summed E-state index contributed by atoms with van der Waals surface area (Å²) in [5.74, 6) is 2.33. The van der Waals surface area contributed by atoms with Crippen molar-refractivity contribution in [3.05, 3.63) is 74.2 Å². The second-order valence-corrected chi connectivity index (χ2v) is 44.1. The van der Waals surface area contributed by atoms with Gasteiger partial charge in [0.2, 0.25) is 5.82 Å². The summed E-state index contributed by atoms with van der Waals surface area (Å²) in [7, 11) is 8.19. The van der Waals surface area contributed by atoms with Crippen LogP contribution in [0, 0.1) is 112 Å². The summed E-state index contributed by atoms with van der Waals surface area (Å²) in [5, 5.41) is 41.6. The largest absolute Gasteiger partial charge is 0.481 e. The lowest BCUT2D eigenvalue weighted by atomic mass is 9.33. The van der Waals surface area contributed by atoms with Crippen LogP contribution in [0.15, 0.2) is 46.8 Å². The van der Waals surface area contributed by atoms with Gasteiger partial charge in [-0.3, -0.25) is 28.8 Å². The van der Waals surface area contributed by atoms with Crippen LogP contribution in [0.2, 0.25) is 10.0 Å². The molecule has 1 unspecified atom stereocenters. The molecule has 17 atom stereocenters. The number of carboxylic acid groups (broad SMARTS) is 2. The van der Waals surface area contributed by atoms with Crippen LogP contribution in [0.4, 0.5) is 0 Å². The minimum atomic E-state index is -1.65. The molecule has 0 aliphatic heterocycles. The second kappa shape index (κ2) is 30.1. The number of ketones is 2. The summed E-state index contributed by atoms with van der Waals surface area (Å²) < 4.78 is 17.3. The normalized spacial score (nSPS) is 35.0. The number of halogens is 2. The zero-order valence-electron chi connectivity index (χ0n) is 73.5. The Bertz CT molecular complexity index is 4630. The van der Waals surface area contributed by atoms with Crippen LogP contribution < -0.4 is 0 Å². The van der Waals surface area contributed by atoms with E-state index in [4.69, 9.17) is 58.1 Å². The third kappa shape index (κ3) is 13.8. The van der Waals surface area contributed by atoms with E-state index in [1.807, 2.05) is 20.2 Å². The average Bonchev–Trinajstić information content (AvgIpc) is 1.14. The number of likely N-dealkylation sites (N-methyl/N-ethyl adjacent to an activating group) is 2. The van der Waals surface area contributed by atoms with Gasteiger partial charge in [0.25, 0.3) is 0 Å². The summed E-state index contributed by atoms with van der Waals surface area (Å²) in [6.45, 7) is 40.5. The van der Waals surface area contributed by atoms with Crippen LogP contribution in [-0.2, 0) is 70.6 Å². The van der Waals surface area contributed by atoms with Gasteiger partial charge >= 0.3 is 23.9 Å². The number of ether oxygens (including phenoxy) is 2. The van der Waals surface area contributed by atoms with Gasteiger partial charge in [0.1, 0.15) is 29.6 Å². The summed E-state index contributed by atoms with van der Waals surface area (Å²) in [4.78, 5) is 103. The van der Waals surface area contributed by atoms with Gasteiger partial charge in [0.05, 0.1) is 39.4 Å². The molecule has 2 N–H and O–H groups in total. The highest BCUT2D eigenvalue weighted by Crippen LogP contribution is 2.80. The van der Waals surface area contributed by atoms with Crippen LogP contribution in [0.5, 0.6) is 0 Å². The molecule has 8 saturated carbocycles. The number of esters is 2. The molecule has 21 nitrogen and oxygen atoms in total. The predicted molar refractivity (Wildman–Crippen MR) is 448 cm³/mol. The van der Waals surface area contributed by atoms with Crippen molar-refractivity contribution in [1.29, 1.82) is 0 Å². The first-order chi connectivity index (χ1) is 54.1. The average molecular weight is 1640 g/mol. The number of pyridine rings is 1. The van der Waals surface area contributed by atoms with E-state index in [0.717, 1.165) is 126 Å². The van der Waals surface area contributed by atoms with Crippen LogP contribution in [-0.4, -0.2) is 153 Å². The molecule has 116 heavy (non-hydrogen) atoms. The van der Waals surface area contributed by atoms with Gasteiger partial charge in [-0.25, -0.2) is 15.0 Å². The molecule has 4 aromatic heterocycles. The van der Waals surface area contributed by atoms with Crippen molar-refractivity contribution in [2.75, 3.05) is 41.3 Å². The molecule has 0 radical (unpaired) electrons. The molecule has 0 bridgehead atoms. The van der Waals surface area contributed by atoms with Crippen molar-refractivity contribution in [3.63, 3.8) is 0 Å². The van der Waals surface area contributed by atoms with Crippen molar-refractivity contribution in [2.24, 2.45) is 112 Å². The highest BCUT2D eigenvalue weighted by molar-refractivity contribution is 6.31. The number of allylic oxidation sites excluding steroid dienone is 4. The smallest absolute Gasteiger partial charge is 0.310 e. The first kappa shape index (κ1) is 86.1. The van der Waals surface area contributed by atoms with Gasteiger partial charge in [0.15, 0.2) is 23.2 Å². The highest BCUT2D eigenvalue weighted by atomic mass is 35.5. The van der Waals surface area contributed by atoms with Gasteiger partial charge in [0, 0.05) is 92.3 Å². The van der Waals surface area contributed by atoms with E-state index < -0.39 is 63.5 Å². The number of aliphatic carboxylic acids is 2. The maximum absolute atomic E-state index is 15.0. The van der Waals surface area contributed by atoms with Gasteiger partial charge < -0.3 is 38.6 Å². The number of aromatic nitrogens is 9. The zero-order chi connectivity index (χ0) is 84.3. The van der Waals surface area contributed by atoms with Crippen LogP contribution in [0.25, 0.3) is 23.2 Å². The van der Waals surface area contributed by atoms with Crippen molar-refractivity contribution in [2.45, 2.75) is 291 Å². The summed E-state index contributed by atoms with van der Waals surface area (Å²) in [6.07, 6.45) is 18.5. The molecule has 0 amide bonds. The summed E-state index contributed by atoms with van der Waals surface area (Å²) in [6, 6.07) is 3.56. The summed E-state index contributed by atoms with van der Waals surface area (Å²) in [5.41, 5.74) is 0.623. The maximum atomic E-state index is 15.0. The molecule has 4 aromatic rings. The Morgan fingerprint density at radius 3 is 1.41 bits per heavy atom. The number of carboxylic acids is 2. The lowest BCUT2D eigenvalue weighted by Gasteiger charge is -2.72. The Morgan fingerprint density at radius 1 is 0.543 bits per heavy atom. The molecule has 23 heteroatoms. The van der Waals surface area contributed by atoms with E-state index in [2.05, 4.69) is 140 Å². The molecule has 14 rings (SSSR count). The lowest BCUT2D eigenvalue weighted by Crippen LogP contribution is -2.65. The molecular formula is C93H133Cl2N11O10. The lowest BCUT2D eigenvalue weighted by molar-refractivity contribution is -0.233. The third-order valence-electron chi connectivity index (χ3n) is 34.5. The molecule has 10 aliphatic carbocycles. The Balaban J connectivity index is 0.674. The van der Waals surface area contributed by atoms with E-state index in [1.54, 1.807) is 39.2 Å². The molecule has 0 aromatic carbocycles. The number of hydrogen-bond acceptors (Lipinski definition) is 17. The number of Topliss-reactive ketones (excluding diaryl/α,β-unsaturated/α-hetero) is 2. The third-order valence-corrected chi connectivity index (χ3v) is 35.0. The van der Waals surface area contributed by atoms with Crippen molar-refractivity contribution in [1.82, 2.24) is 54.3 Å². The van der Waals surface area contributed by atoms with E-state index >= 15 is 4.79 Å². The minimum Gasteiger partial charge on any atom is -0.481 e. The fourth-order valence-corrected chi connectivity index (χ4v) is 28.4. The Hall–Kier alpha value is -6.29. The zero-order valence-corrected chi connectivity index (χ0v) is 75.0. The van der Waals surface area contributed by atoms with Crippen molar-refractivity contribution < 1.29 is 48.5 Å². The standard InChI is InChI=1S/C93H133Cl2N11O10/c1-53(2)73-61(107)45-92(38-36-88(14)56(75(73)92)22-26-65-86(12)32-30-67(115-71(109)49-82(5,6)80(111)112)83(7,8)63(86)28-34-90(65,88)16)47-69-99-101-78(105(69)42-40-103(18)19)59-25-24-58(95)60(98-59)44-85(11,81(113)114)50-72(110)116-68-31-33-87(13)64(84(68,9)10)29-35-91(17)66(87)27-23-57-76-74(54(3)4)62(108)46-93(76,39-37-89(57,91)15)48-70-100-102-79(106(70)43-41-104(20)21)77-96-51-55(94)52-97-77/h24-25,51-54,56-57,63-68H,22-23,26-50H2,1-21H3,(H,111,112)(H,113,114)/t56-,57-,63+,64+,65-,66-,67+,68+,85?,86+,87+,88-,89-,90-,91-,92+,93+/m1/s1. The molecular weight excluding hydrogens is 1500 g/mol. The van der Waals surface area contributed by atoms with Crippen LogP contribution in [0.1, 0.15) is 263 Å². The van der Waals surface area contributed by atoms with Crippen LogP contribution >= 0.6 is 23.2 Å². The van der Waals surface area contributed by atoms with Gasteiger partial charge in [-0.1, -0.05) is 131 Å². The first-order valence-corrected chi connectivity index (χ1v) is 44.5. The van der Waals surface area contributed by atoms with Gasteiger partial charge in [-0.05, 0) is 255 Å². The second-order valence-electron chi connectivity index (χ2n) is 43.2. The maximum Gasteiger partial charge on any atom is 0.310 e. The monoisotopic (exact) mass is 1630 g/mol. The van der Waals surface area contributed by atoms with Crippen LogP contribution in [0.3, 0.4) is 0 Å². The SMILES string of the molecule is CC(C)C1=C2[C@H]3CC[C@@H]4[C@@]5(C)CC[C@H](OC(=O)CC(C)(C)C(=O)O)C(C)(C)[C@@H]5CC[C@@]4(C)[C@]3(C)CC[C@@]2(Cc2nnc(-c3ccc(Cl)c(CC(C)(CC(=O)O[C@H]4CC[C@]5(C)[C@H]6CC[C@@H]7C8=C(C(C)C)C(=O)C[C@]8(Cc8nnc(-c9ncc(Cl)cn9)n8CCN(C)C)CC[C@@]7(C)[C@]6(C)CC[C@H]5C4(C)C)C(=O)O)n3)n2CCN(C)C)CC1=O. The molecule has 10 aliphatic rings. The Morgan fingerprint density at radius 2 is 0.983 bits per heavy atom. The fraction of sp³-hybridized carbons (Fsp3) is 0.753. The number of hydrogen-bond donors (Lipinski definition) is 2. The Labute approximate surface area is 699 Å². The first-order valence-electron chi connectivity index (χ1n) is 43.8. The van der Waals surface area contributed by atoms with E-state index in [-0.39, 0.29) is 103 Å². The van der Waals surface area contributed by atoms with E-state index in [1.165, 1.54) is 11.1 Å².